The van der Waals surface area contributed by atoms with Crippen LogP contribution in [0.1, 0.15) is 5.56 Å². The zero-order chi connectivity index (χ0) is 10.8. The number of carbonyl (C=O) groups excluding carboxylic acids is 1. The van der Waals surface area contributed by atoms with Crippen molar-refractivity contribution in [3.05, 3.63) is 23.8 Å². The summed E-state index contributed by atoms with van der Waals surface area (Å²) < 4.78 is 5.02. The van der Waals surface area contributed by atoms with Gasteiger partial charge in [-0.15, -0.1) is 0 Å². The summed E-state index contributed by atoms with van der Waals surface area (Å²) in [6.45, 7) is 2.99. The minimum absolute atomic E-state index is 0.0906. The maximum Gasteiger partial charge on any atom is 0.253 e. The fourth-order valence-electron chi connectivity index (χ4n) is 1.63. The molecule has 0 spiro atoms. The Bertz CT molecular complexity index is 389. The van der Waals surface area contributed by atoms with Crippen LogP contribution in [0.25, 0.3) is 0 Å². The van der Waals surface area contributed by atoms with E-state index in [4.69, 9.17) is 4.74 Å². The van der Waals surface area contributed by atoms with E-state index in [1.807, 2.05) is 13.0 Å². The van der Waals surface area contributed by atoms with E-state index < -0.39 is 0 Å². The predicted octanol–water partition coefficient (Wildman–Crippen LogP) is 1.06. The molecule has 0 atom stereocenters. The Morgan fingerprint density at radius 2 is 2.27 bits per heavy atom. The summed E-state index contributed by atoms with van der Waals surface area (Å²) in [5.74, 6) is 0.0330. The summed E-state index contributed by atoms with van der Waals surface area (Å²) in [6, 6.07) is 5.28. The number of carbonyl (C=O) groups is 1. The zero-order valence-corrected chi connectivity index (χ0v) is 8.56. The average molecular weight is 207 g/mol. The van der Waals surface area contributed by atoms with Gasteiger partial charge in [0.05, 0.1) is 12.3 Å². The van der Waals surface area contributed by atoms with Crippen LogP contribution in [0.15, 0.2) is 18.2 Å². The van der Waals surface area contributed by atoms with E-state index in [9.17, 15) is 9.90 Å². The van der Waals surface area contributed by atoms with Gasteiger partial charge in [0.2, 0.25) is 0 Å². The number of benzene rings is 1. The molecule has 0 aromatic heterocycles. The molecule has 1 heterocycles. The minimum atomic E-state index is -0.111. The summed E-state index contributed by atoms with van der Waals surface area (Å²) in [5.41, 5.74) is 1.53. The minimum Gasteiger partial charge on any atom is -0.506 e. The molecule has 1 aromatic carbocycles. The number of anilines is 1. The molecule has 80 valence electrons. The number of rotatable bonds is 1. The Kier molecular flexibility index (Phi) is 2.60. The number of amides is 1. The Hall–Kier alpha value is -1.55. The number of morpholine rings is 1. The normalized spacial score (nSPS) is 16.9. The van der Waals surface area contributed by atoms with Crippen LogP contribution >= 0.6 is 0 Å². The van der Waals surface area contributed by atoms with Gasteiger partial charge in [-0.1, -0.05) is 6.07 Å². The fourth-order valence-corrected chi connectivity index (χ4v) is 1.63. The van der Waals surface area contributed by atoms with Gasteiger partial charge in [0.15, 0.2) is 0 Å². The van der Waals surface area contributed by atoms with Crippen molar-refractivity contribution in [1.29, 1.82) is 0 Å². The van der Waals surface area contributed by atoms with Crippen molar-refractivity contribution in [2.45, 2.75) is 6.92 Å². The highest BCUT2D eigenvalue weighted by molar-refractivity contribution is 5.96. The zero-order valence-electron chi connectivity index (χ0n) is 8.56. The first-order valence-electron chi connectivity index (χ1n) is 4.86. The van der Waals surface area contributed by atoms with Gasteiger partial charge in [-0.2, -0.15) is 0 Å². The van der Waals surface area contributed by atoms with Crippen LogP contribution in [0.2, 0.25) is 0 Å². The van der Waals surface area contributed by atoms with Crippen molar-refractivity contribution in [2.24, 2.45) is 0 Å². The third-order valence-electron chi connectivity index (χ3n) is 2.41. The molecular formula is C11H13NO3. The second-order valence-electron chi connectivity index (χ2n) is 3.59. The molecule has 0 bridgehead atoms. The summed E-state index contributed by atoms with van der Waals surface area (Å²) in [7, 11) is 0. The molecule has 15 heavy (non-hydrogen) atoms. The van der Waals surface area contributed by atoms with Gasteiger partial charge in [-0.3, -0.25) is 4.79 Å². The largest absolute Gasteiger partial charge is 0.506 e. The molecule has 0 unspecified atom stereocenters. The SMILES string of the molecule is Cc1ccc(N2CCOCC2=O)c(O)c1. The van der Waals surface area contributed by atoms with E-state index in [1.165, 1.54) is 0 Å². The predicted molar refractivity (Wildman–Crippen MR) is 56.0 cm³/mol. The quantitative estimate of drug-likeness (QED) is 0.749. The molecule has 1 amide bonds. The van der Waals surface area contributed by atoms with Crippen LogP contribution in [0.4, 0.5) is 5.69 Å². The highest BCUT2D eigenvalue weighted by Gasteiger charge is 2.22. The molecule has 1 fully saturated rings. The lowest BCUT2D eigenvalue weighted by Gasteiger charge is -2.27. The van der Waals surface area contributed by atoms with E-state index >= 15 is 0 Å². The summed E-state index contributed by atoms with van der Waals surface area (Å²) in [4.78, 5) is 13.1. The van der Waals surface area contributed by atoms with Gasteiger partial charge in [-0.05, 0) is 24.6 Å². The van der Waals surface area contributed by atoms with Gasteiger partial charge < -0.3 is 14.7 Å². The van der Waals surface area contributed by atoms with Crippen molar-refractivity contribution in [3.63, 3.8) is 0 Å². The van der Waals surface area contributed by atoms with Crippen LogP contribution < -0.4 is 4.90 Å². The van der Waals surface area contributed by atoms with Crippen molar-refractivity contribution in [1.82, 2.24) is 0 Å². The monoisotopic (exact) mass is 207 g/mol. The molecule has 1 saturated heterocycles. The van der Waals surface area contributed by atoms with Crippen LogP contribution in [0.3, 0.4) is 0 Å². The summed E-state index contributed by atoms with van der Waals surface area (Å²) in [6.07, 6.45) is 0. The van der Waals surface area contributed by atoms with E-state index in [0.29, 0.717) is 18.8 Å². The van der Waals surface area contributed by atoms with Gasteiger partial charge >= 0.3 is 0 Å². The maximum atomic E-state index is 11.5. The highest BCUT2D eigenvalue weighted by Crippen LogP contribution is 2.28. The average Bonchev–Trinajstić information content (AvgIpc) is 2.20. The lowest BCUT2D eigenvalue weighted by molar-refractivity contribution is -0.125. The molecule has 0 aliphatic carbocycles. The molecule has 4 heteroatoms. The number of phenolic OH excluding ortho intramolecular Hbond substituents is 1. The smallest absolute Gasteiger partial charge is 0.253 e. The molecule has 4 nitrogen and oxygen atoms in total. The number of nitrogens with zero attached hydrogens (tertiary/aromatic N) is 1. The lowest BCUT2D eigenvalue weighted by atomic mass is 10.2. The number of phenols is 1. The number of aryl methyl sites for hydroxylation is 1. The Morgan fingerprint density at radius 3 is 2.93 bits per heavy atom. The molecule has 0 radical (unpaired) electrons. The Labute approximate surface area is 88.1 Å². The van der Waals surface area contributed by atoms with Gasteiger partial charge in [-0.25, -0.2) is 0 Å². The second kappa shape index (κ2) is 3.90. The van der Waals surface area contributed by atoms with E-state index in [-0.39, 0.29) is 18.3 Å². The lowest BCUT2D eigenvalue weighted by Crippen LogP contribution is -2.41. The van der Waals surface area contributed by atoms with Crippen molar-refractivity contribution >= 4 is 11.6 Å². The van der Waals surface area contributed by atoms with Crippen molar-refractivity contribution < 1.29 is 14.6 Å². The maximum absolute atomic E-state index is 11.5. The van der Waals surface area contributed by atoms with Gasteiger partial charge in [0.25, 0.3) is 5.91 Å². The number of aromatic hydroxyl groups is 1. The molecule has 1 aliphatic rings. The summed E-state index contributed by atoms with van der Waals surface area (Å²) in [5, 5.41) is 9.73. The third kappa shape index (κ3) is 1.94. The molecular weight excluding hydrogens is 194 g/mol. The number of ether oxygens (including phenoxy) is 1. The Balaban J connectivity index is 2.31. The van der Waals surface area contributed by atoms with Gasteiger partial charge in [0, 0.05) is 6.54 Å². The molecule has 2 rings (SSSR count). The molecule has 1 aromatic rings. The number of hydrogen-bond acceptors (Lipinski definition) is 3. The standard InChI is InChI=1S/C11H13NO3/c1-8-2-3-9(10(13)6-8)12-4-5-15-7-11(12)14/h2-3,6,13H,4-5,7H2,1H3. The van der Waals surface area contributed by atoms with E-state index in [2.05, 4.69) is 0 Å². The number of hydrogen-bond donors (Lipinski definition) is 1. The van der Waals surface area contributed by atoms with E-state index in [1.54, 1.807) is 17.0 Å². The second-order valence-corrected chi connectivity index (χ2v) is 3.59. The highest BCUT2D eigenvalue weighted by atomic mass is 16.5. The van der Waals surface area contributed by atoms with Crippen molar-refractivity contribution in [2.75, 3.05) is 24.7 Å². The topological polar surface area (TPSA) is 49.8 Å². The van der Waals surface area contributed by atoms with Crippen LogP contribution in [-0.2, 0) is 9.53 Å². The molecule has 1 N–H and O–H groups in total. The van der Waals surface area contributed by atoms with Crippen LogP contribution in [0, 0.1) is 6.92 Å². The first-order chi connectivity index (χ1) is 7.18. The van der Waals surface area contributed by atoms with Crippen LogP contribution in [-0.4, -0.2) is 30.8 Å². The molecule has 1 aliphatic heterocycles. The van der Waals surface area contributed by atoms with E-state index in [0.717, 1.165) is 5.56 Å². The Morgan fingerprint density at radius 1 is 1.47 bits per heavy atom. The summed E-state index contributed by atoms with van der Waals surface area (Å²) >= 11 is 0. The van der Waals surface area contributed by atoms with Gasteiger partial charge in [0.1, 0.15) is 12.4 Å². The fraction of sp³-hybridized carbons (Fsp3) is 0.364. The van der Waals surface area contributed by atoms with Crippen molar-refractivity contribution in [3.8, 4) is 5.75 Å². The first-order valence-corrected chi connectivity index (χ1v) is 4.86. The van der Waals surface area contributed by atoms with Crippen LogP contribution in [0.5, 0.6) is 5.75 Å². The molecule has 0 saturated carbocycles. The first kappa shape index (κ1) is 9.98. The third-order valence-corrected chi connectivity index (χ3v) is 2.41.